The fourth-order valence-electron chi connectivity index (χ4n) is 0.477. The Bertz CT molecular complexity index is 107. The van der Waals surface area contributed by atoms with Crippen LogP contribution in [0, 0.1) is 0 Å². The van der Waals surface area contributed by atoms with Gasteiger partial charge in [-0.05, 0) is 12.8 Å². The number of rotatable bonds is 4. The predicted octanol–water partition coefficient (Wildman–Crippen LogP) is 1.82. The molecular formula is C9H18O3. The molecule has 0 aliphatic rings. The quantitative estimate of drug-likeness (QED) is 0.639. The number of aliphatic carboxylic acids is 1. The van der Waals surface area contributed by atoms with Gasteiger partial charge in [0.2, 0.25) is 0 Å². The van der Waals surface area contributed by atoms with Crippen molar-refractivity contribution in [3.05, 3.63) is 12.2 Å². The van der Waals surface area contributed by atoms with Crippen molar-refractivity contribution in [3.8, 4) is 0 Å². The number of hydrogen-bond acceptors (Lipinski definition) is 2. The summed E-state index contributed by atoms with van der Waals surface area (Å²) in [5.41, 5.74) is 0. The van der Waals surface area contributed by atoms with E-state index in [0.29, 0.717) is 0 Å². The first kappa shape index (κ1) is 13.7. The van der Waals surface area contributed by atoms with Crippen LogP contribution >= 0.6 is 0 Å². The Balaban J connectivity index is 0. The SMILES string of the molecule is CC(=O)O.CCCC=CCCO. The third kappa shape index (κ3) is 35.2. The fraction of sp³-hybridized carbons (Fsp3) is 0.667. The van der Waals surface area contributed by atoms with Crippen molar-refractivity contribution in [3.63, 3.8) is 0 Å². The fourth-order valence-corrected chi connectivity index (χ4v) is 0.477. The number of aliphatic hydroxyl groups is 1. The van der Waals surface area contributed by atoms with Gasteiger partial charge in [0.25, 0.3) is 5.97 Å². The van der Waals surface area contributed by atoms with E-state index < -0.39 is 5.97 Å². The molecule has 0 bridgehead atoms. The molecule has 0 fully saturated rings. The molecular weight excluding hydrogens is 156 g/mol. The highest BCUT2D eigenvalue weighted by Gasteiger charge is 1.72. The molecule has 0 saturated heterocycles. The second-order valence-corrected chi connectivity index (χ2v) is 2.29. The minimum atomic E-state index is -0.833. The number of unbranched alkanes of at least 4 members (excludes halogenated alkanes) is 1. The van der Waals surface area contributed by atoms with Crippen molar-refractivity contribution in [2.75, 3.05) is 6.61 Å². The zero-order chi connectivity index (χ0) is 9.82. The van der Waals surface area contributed by atoms with Crippen molar-refractivity contribution < 1.29 is 15.0 Å². The van der Waals surface area contributed by atoms with Gasteiger partial charge in [0.05, 0.1) is 0 Å². The molecule has 0 rings (SSSR count). The van der Waals surface area contributed by atoms with Crippen LogP contribution in [-0.4, -0.2) is 22.8 Å². The molecule has 0 atom stereocenters. The Morgan fingerprint density at radius 3 is 2.08 bits per heavy atom. The normalized spacial score (nSPS) is 9.25. The van der Waals surface area contributed by atoms with E-state index in [4.69, 9.17) is 15.0 Å². The highest BCUT2D eigenvalue weighted by atomic mass is 16.4. The van der Waals surface area contributed by atoms with Gasteiger partial charge in [-0.3, -0.25) is 4.79 Å². The number of carboxylic acids is 1. The van der Waals surface area contributed by atoms with E-state index in [0.717, 1.165) is 19.8 Å². The zero-order valence-corrected chi connectivity index (χ0v) is 7.79. The van der Waals surface area contributed by atoms with Gasteiger partial charge in [-0.25, -0.2) is 0 Å². The molecule has 0 aliphatic carbocycles. The number of hydrogen-bond donors (Lipinski definition) is 2. The van der Waals surface area contributed by atoms with Gasteiger partial charge in [-0.15, -0.1) is 0 Å². The van der Waals surface area contributed by atoms with Crippen molar-refractivity contribution >= 4 is 5.97 Å². The largest absolute Gasteiger partial charge is 0.481 e. The average molecular weight is 174 g/mol. The zero-order valence-electron chi connectivity index (χ0n) is 7.79. The summed E-state index contributed by atoms with van der Waals surface area (Å²) >= 11 is 0. The maximum Gasteiger partial charge on any atom is 0.300 e. The van der Waals surface area contributed by atoms with Gasteiger partial charge in [0.1, 0.15) is 0 Å². The topological polar surface area (TPSA) is 57.5 Å². The van der Waals surface area contributed by atoms with Crippen LogP contribution in [0.3, 0.4) is 0 Å². The van der Waals surface area contributed by atoms with Crippen LogP contribution in [0.1, 0.15) is 33.1 Å². The number of carboxylic acid groups (broad SMARTS) is 1. The highest BCUT2D eigenvalue weighted by Crippen LogP contribution is 1.89. The summed E-state index contributed by atoms with van der Waals surface area (Å²) < 4.78 is 0. The third-order valence-corrected chi connectivity index (χ3v) is 0.918. The summed E-state index contributed by atoms with van der Waals surface area (Å²) in [5.74, 6) is -0.833. The first-order chi connectivity index (χ1) is 5.65. The molecule has 0 radical (unpaired) electrons. The lowest BCUT2D eigenvalue weighted by molar-refractivity contribution is -0.134. The standard InChI is InChI=1S/C7H14O.C2H4O2/c1-2-3-4-5-6-7-8;1-2(3)4/h4-5,8H,2-3,6-7H2,1H3;1H3,(H,3,4). The van der Waals surface area contributed by atoms with Gasteiger partial charge in [0.15, 0.2) is 0 Å². The van der Waals surface area contributed by atoms with E-state index in [1.54, 1.807) is 0 Å². The van der Waals surface area contributed by atoms with Crippen molar-refractivity contribution in [1.29, 1.82) is 0 Å². The molecule has 0 spiro atoms. The number of carbonyl (C=O) groups is 1. The molecule has 0 aromatic rings. The molecule has 0 aromatic heterocycles. The smallest absolute Gasteiger partial charge is 0.300 e. The number of aliphatic hydroxyl groups excluding tert-OH is 1. The lowest BCUT2D eigenvalue weighted by Gasteiger charge is -1.83. The first-order valence-electron chi connectivity index (χ1n) is 4.10. The van der Waals surface area contributed by atoms with Gasteiger partial charge >= 0.3 is 0 Å². The lowest BCUT2D eigenvalue weighted by atomic mass is 10.3. The highest BCUT2D eigenvalue weighted by molar-refractivity contribution is 5.62. The summed E-state index contributed by atoms with van der Waals surface area (Å²) in [6, 6.07) is 0. The molecule has 2 N–H and O–H groups in total. The Labute approximate surface area is 73.7 Å². The van der Waals surface area contributed by atoms with E-state index in [1.807, 2.05) is 6.08 Å². The van der Waals surface area contributed by atoms with E-state index in [-0.39, 0.29) is 6.61 Å². The van der Waals surface area contributed by atoms with E-state index in [1.165, 1.54) is 6.42 Å². The minimum Gasteiger partial charge on any atom is -0.481 e. The van der Waals surface area contributed by atoms with Crippen LogP contribution in [0.2, 0.25) is 0 Å². The molecule has 72 valence electrons. The third-order valence-electron chi connectivity index (χ3n) is 0.918. The van der Waals surface area contributed by atoms with Crippen LogP contribution in [-0.2, 0) is 4.79 Å². The molecule has 0 saturated carbocycles. The molecule has 12 heavy (non-hydrogen) atoms. The first-order valence-corrected chi connectivity index (χ1v) is 4.10. The monoisotopic (exact) mass is 174 g/mol. The van der Waals surface area contributed by atoms with Crippen LogP contribution in [0.15, 0.2) is 12.2 Å². The molecule has 3 nitrogen and oxygen atoms in total. The summed E-state index contributed by atoms with van der Waals surface area (Å²) in [4.78, 5) is 9.00. The van der Waals surface area contributed by atoms with Gasteiger partial charge in [0, 0.05) is 13.5 Å². The molecule has 3 heteroatoms. The Morgan fingerprint density at radius 1 is 1.33 bits per heavy atom. The van der Waals surface area contributed by atoms with E-state index in [2.05, 4.69) is 13.0 Å². The maximum atomic E-state index is 9.00. The summed E-state index contributed by atoms with van der Waals surface area (Å²) in [6.45, 7) is 3.50. The van der Waals surface area contributed by atoms with Crippen molar-refractivity contribution in [1.82, 2.24) is 0 Å². The summed E-state index contributed by atoms with van der Waals surface area (Å²) in [6.07, 6.45) is 7.27. The van der Waals surface area contributed by atoms with Gasteiger partial charge in [-0.2, -0.15) is 0 Å². The van der Waals surface area contributed by atoms with Crippen LogP contribution in [0.5, 0.6) is 0 Å². The van der Waals surface area contributed by atoms with Gasteiger partial charge in [-0.1, -0.05) is 25.5 Å². The number of allylic oxidation sites excluding steroid dienone is 1. The maximum absolute atomic E-state index is 9.00. The van der Waals surface area contributed by atoms with Crippen LogP contribution < -0.4 is 0 Å². The second-order valence-electron chi connectivity index (χ2n) is 2.29. The summed E-state index contributed by atoms with van der Waals surface area (Å²) in [5, 5.41) is 15.7. The minimum absolute atomic E-state index is 0.278. The Kier molecular flexibility index (Phi) is 14.7. The second kappa shape index (κ2) is 12.8. The summed E-state index contributed by atoms with van der Waals surface area (Å²) in [7, 11) is 0. The van der Waals surface area contributed by atoms with E-state index in [9.17, 15) is 0 Å². The molecule has 0 aromatic carbocycles. The molecule has 0 aliphatic heterocycles. The van der Waals surface area contributed by atoms with Gasteiger partial charge < -0.3 is 10.2 Å². The predicted molar refractivity (Wildman–Crippen MR) is 49.1 cm³/mol. The molecule has 0 unspecified atom stereocenters. The van der Waals surface area contributed by atoms with E-state index >= 15 is 0 Å². The Morgan fingerprint density at radius 2 is 1.75 bits per heavy atom. The van der Waals surface area contributed by atoms with Crippen LogP contribution in [0.25, 0.3) is 0 Å². The van der Waals surface area contributed by atoms with Crippen molar-refractivity contribution in [2.45, 2.75) is 33.1 Å². The molecule has 0 heterocycles. The Hall–Kier alpha value is -0.830. The van der Waals surface area contributed by atoms with Crippen molar-refractivity contribution in [2.24, 2.45) is 0 Å². The molecule has 0 amide bonds. The average Bonchev–Trinajstić information content (AvgIpc) is 1.97. The van der Waals surface area contributed by atoms with Crippen LogP contribution in [0.4, 0.5) is 0 Å². The lowest BCUT2D eigenvalue weighted by Crippen LogP contribution is -1.78.